The quantitative estimate of drug-likeness (QED) is 0.0640. The Kier molecular flexibility index (Phi) is 19.9. The number of carbonyl (C=O) groups excluding carboxylic acids is 1. The number of unbranched alkanes of at least 4 members (excludes halogenated alkanes) is 13. The normalized spacial score (nSPS) is 10.8. The van der Waals surface area contributed by atoms with E-state index in [9.17, 15) is 4.79 Å². The van der Waals surface area contributed by atoms with E-state index in [-0.39, 0.29) is 29.9 Å². The molecule has 3 rings (SSSR count). The van der Waals surface area contributed by atoms with Crippen LogP contribution < -0.4 is 38.0 Å². The fraction of sp³-hybridized carbons (Fsp3) is 0.526. The molecule has 0 atom stereocenters. The van der Waals surface area contributed by atoms with E-state index >= 15 is 0 Å². The van der Waals surface area contributed by atoms with Gasteiger partial charge >= 0.3 is 0 Å². The molecule has 0 N–H and O–H groups in total. The molecule has 7 heteroatoms. The number of methoxy groups -OCH3 is 1. The summed E-state index contributed by atoms with van der Waals surface area (Å²) in [6, 6.07) is 17.2. The van der Waals surface area contributed by atoms with Crippen LogP contribution in [0.2, 0.25) is 5.02 Å². The molecular formula is C38H54ClIN2O3. The van der Waals surface area contributed by atoms with Crippen molar-refractivity contribution in [2.24, 2.45) is 7.05 Å². The minimum Gasteiger partial charge on any atom is -1.00 e. The van der Waals surface area contributed by atoms with Crippen LogP contribution in [0, 0.1) is 0 Å². The molecule has 1 heterocycles. The molecule has 2 aromatic carbocycles. The minimum atomic E-state index is -0.110. The van der Waals surface area contributed by atoms with Gasteiger partial charge in [-0.3, -0.25) is 4.79 Å². The van der Waals surface area contributed by atoms with Crippen molar-refractivity contribution in [2.75, 3.05) is 13.7 Å². The molecule has 248 valence electrons. The van der Waals surface area contributed by atoms with Gasteiger partial charge in [-0.15, -0.1) is 0 Å². The molecule has 0 aliphatic rings. The lowest BCUT2D eigenvalue weighted by atomic mass is 10.0. The van der Waals surface area contributed by atoms with E-state index < -0.39 is 0 Å². The topological polar surface area (TPSA) is 42.7 Å². The molecule has 0 bridgehead atoms. The Hall–Kier alpha value is -2.32. The van der Waals surface area contributed by atoms with Crippen LogP contribution in [0.3, 0.4) is 0 Å². The van der Waals surface area contributed by atoms with Gasteiger partial charge in [0.2, 0.25) is 0 Å². The molecule has 5 nitrogen and oxygen atoms in total. The average Bonchev–Trinajstić information content (AvgIpc) is 3.04. The van der Waals surface area contributed by atoms with Crippen LogP contribution in [-0.4, -0.2) is 24.5 Å². The molecule has 0 aliphatic heterocycles. The number of ether oxygens (including phenoxy) is 2. The Balaban J connectivity index is 0.00000705. The first-order valence-corrected chi connectivity index (χ1v) is 17.2. The van der Waals surface area contributed by atoms with Crippen molar-refractivity contribution in [1.82, 2.24) is 4.90 Å². The highest BCUT2D eigenvalue weighted by molar-refractivity contribution is 6.33. The Labute approximate surface area is 294 Å². The number of hydrogen-bond donors (Lipinski definition) is 0. The molecule has 0 spiro atoms. The average molecular weight is 749 g/mol. The molecular weight excluding hydrogens is 695 g/mol. The van der Waals surface area contributed by atoms with E-state index in [4.69, 9.17) is 21.1 Å². The third-order valence-corrected chi connectivity index (χ3v) is 8.50. The number of benzene rings is 2. The van der Waals surface area contributed by atoms with Crippen molar-refractivity contribution in [3.8, 4) is 11.5 Å². The predicted octanol–water partition coefficient (Wildman–Crippen LogP) is 6.88. The highest BCUT2D eigenvalue weighted by atomic mass is 127. The summed E-state index contributed by atoms with van der Waals surface area (Å²) < 4.78 is 13.8. The van der Waals surface area contributed by atoms with Gasteiger partial charge in [0.1, 0.15) is 7.05 Å². The maximum atomic E-state index is 13.6. The number of carbonyl (C=O) groups is 1. The Morgan fingerprint density at radius 1 is 0.733 bits per heavy atom. The first kappa shape index (κ1) is 38.9. The van der Waals surface area contributed by atoms with Crippen molar-refractivity contribution in [1.29, 1.82) is 0 Å². The van der Waals surface area contributed by atoms with Crippen LogP contribution in [0.15, 0.2) is 67.0 Å². The monoisotopic (exact) mass is 748 g/mol. The first-order valence-electron chi connectivity index (χ1n) is 16.8. The lowest BCUT2D eigenvalue weighted by molar-refractivity contribution is -0.671. The standard InChI is InChI=1S/C38H54ClN2O3.HI/c1-4-5-6-7-8-9-10-11-12-13-14-15-16-19-28-44-36-23-22-33(29-37(36)43-3)31-41(30-32-24-26-40(2)27-25-32)38(42)34-20-17-18-21-35(34)39;/h17-18,20-27,29H,4-16,19,28,30-31H2,1-3H3;1H/q+1;/p-1. The number of hydrogen-bond acceptors (Lipinski definition) is 3. The zero-order valence-corrected chi connectivity index (χ0v) is 30.7. The van der Waals surface area contributed by atoms with E-state index in [1.165, 1.54) is 83.5 Å². The molecule has 0 saturated heterocycles. The number of aryl methyl sites for hydroxylation is 1. The van der Waals surface area contributed by atoms with Gasteiger partial charge < -0.3 is 38.4 Å². The smallest absolute Gasteiger partial charge is 0.255 e. The lowest BCUT2D eigenvalue weighted by Gasteiger charge is -2.24. The fourth-order valence-electron chi connectivity index (χ4n) is 5.49. The van der Waals surface area contributed by atoms with Crippen LogP contribution in [-0.2, 0) is 20.1 Å². The highest BCUT2D eigenvalue weighted by Crippen LogP contribution is 2.30. The molecule has 45 heavy (non-hydrogen) atoms. The maximum absolute atomic E-state index is 13.6. The summed E-state index contributed by atoms with van der Waals surface area (Å²) in [6.45, 7) is 3.84. The van der Waals surface area contributed by atoms with Gasteiger partial charge in [0, 0.05) is 25.2 Å². The van der Waals surface area contributed by atoms with Crippen LogP contribution in [0.25, 0.3) is 0 Å². The Morgan fingerprint density at radius 3 is 1.87 bits per heavy atom. The Morgan fingerprint density at radius 2 is 1.29 bits per heavy atom. The summed E-state index contributed by atoms with van der Waals surface area (Å²) in [5.41, 5.74) is 2.51. The second-order valence-electron chi connectivity index (χ2n) is 11.9. The molecule has 0 radical (unpaired) electrons. The molecule has 0 unspecified atom stereocenters. The Bertz CT molecular complexity index is 1240. The van der Waals surface area contributed by atoms with E-state index in [0.717, 1.165) is 23.3 Å². The molecule has 0 fully saturated rings. The van der Waals surface area contributed by atoms with Crippen LogP contribution in [0.5, 0.6) is 11.5 Å². The fourth-order valence-corrected chi connectivity index (χ4v) is 5.71. The minimum absolute atomic E-state index is 0. The van der Waals surface area contributed by atoms with Crippen LogP contribution in [0.4, 0.5) is 0 Å². The zero-order valence-electron chi connectivity index (χ0n) is 27.7. The van der Waals surface area contributed by atoms with Crippen molar-refractivity contribution >= 4 is 17.5 Å². The summed E-state index contributed by atoms with van der Waals surface area (Å²) in [5.74, 6) is 1.32. The van der Waals surface area contributed by atoms with Gasteiger partial charge in [-0.25, -0.2) is 4.57 Å². The number of amides is 1. The summed E-state index contributed by atoms with van der Waals surface area (Å²) in [7, 11) is 3.64. The first-order chi connectivity index (χ1) is 21.5. The molecule has 3 aromatic rings. The van der Waals surface area contributed by atoms with Gasteiger partial charge in [0.25, 0.3) is 5.91 Å². The van der Waals surface area contributed by atoms with E-state index in [2.05, 4.69) is 6.92 Å². The summed E-state index contributed by atoms with van der Waals surface area (Å²) in [4.78, 5) is 15.4. The van der Waals surface area contributed by atoms with Crippen LogP contribution in [0.1, 0.15) is 118 Å². The van der Waals surface area contributed by atoms with Crippen molar-refractivity contribution < 1.29 is 42.8 Å². The molecule has 0 saturated carbocycles. The van der Waals surface area contributed by atoms with Crippen LogP contribution >= 0.6 is 11.6 Å². The second-order valence-corrected chi connectivity index (χ2v) is 12.3. The molecule has 0 aliphatic carbocycles. The number of halogens is 2. The summed E-state index contributed by atoms with van der Waals surface area (Å²) in [5, 5.41) is 0.451. The van der Waals surface area contributed by atoms with Gasteiger partial charge in [-0.1, -0.05) is 120 Å². The predicted molar refractivity (Wildman–Crippen MR) is 181 cm³/mol. The largest absolute Gasteiger partial charge is 1.00 e. The molecule has 1 amide bonds. The number of rotatable bonds is 22. The van der Waals surface area contributed by atoms with Gasteiger partial charge in [-0.05, 0) is 41.8 Å². The van der Waals surface area contributed by atoms with Gasteiger partial charge in [0.05, 0.1) is 24.3 Å². The second kappa shape index (κ2) is 23.1. The van der Waals surface area contributed by atoms with Crippen molar-refractivity contribution in [3.63, 3.8) is 0 Å². The zero-order chi connectivity index (χ0) is 31.4. The van der Waals surface area contributed by atoms with Gasteiger partial charge in [0.15, 0.2) is 23.9 Å². The van der Waals surface area contributed by atoms with Crippen molar-refractivity contribution in [2.45, 2.75) is 110 Å². The summed E-state index contributed by atoms with van der Waals surface area (Å²) >= 11 is 6.41. The SMILES string of the molecule is CCCCCCCCCCCCCCCCOc1ccc(CN(Cc2cc[n+](C)cc2)C(=O)c2ccccc2Cl)cc1OC.[I-]. The van der Waals surface area contributed by atoms with E-state index in [1.54, 1.807) is 19.2 Å². The number of nitrogens with zero attached hydrogens (tertiary/aromatic N) is 2. The maximum Gasteiger partial charge on any atom is 0.255 e. The molecule has 1 aromatic heterocycles. The van der Waals surface area contributed by atoms with Crippen molar-refractivity contribution in [3.05, 3.63) is 88.7 Å². The third kappa shape index (κ3) is 14.8. The third-order valence-electron chi connectivity index (χ3n) is 8.17. The number of aromatic nitrogens is 1. The van der Waals surface area contributed by atoms with E-state index in [0.29, 0.717) is 36.0 Å². The van der Waals surface area contributed by atoms with E-state index in [1.807, 2.05) is 71.4 Å². The summed E-state index contributed by atoms with van der Waals surface area (Å²) in [6.07, 6.45) is 22.7. The lowest BCUT2D eigenvalue weighted by Crippen LogP contribution is -3.00. The highest BCUT2D eigenvalue weighted by Gasteiger charge is 2.20. The van der Waals surface area contributed by atoms with Gasteiger partial charge in [-0.2, -0.15) is 0 Å². The number of pyridine rings is 1.